The maximum absolute atomic E-state index is 5.97. The lowest BCUT2D eigenvalue weighted by atomic mass is 10.1. The van der Waals surface area contributed by atoms with Crippen molar-refractivity contribution in [3.8, 4) is 11.5 Å². The second-order valence-electron chi connectivity index (χ2n) is 6.29. The second-order valence-corrected chi connectivity index (χ2v) is 6.29. The van der Waals surface area contributed by atoms with E-state index in [4.69, 9.17) is 9.47 Å². The fourth-order valence-corrected chi connectivity index (χ4v) is 2.84. The van der Waals surface area contributed by atoms with Crippen LogP contribution in [0.1, 0.15) is 5.56 Å². The van der Waals surface area contributed by atoms with Gasteiger partial charge in [-0.15, -0.1) is 0 Å². The second kappa shape index (κ2) is 9.07. The van der Waals surface area contributed by atoms with Gasteiger partial charge in [-0.05, 0) is 47.7 Å². The summed E-state index contributed by atoms with van der Waals surface area (Å²) in [7, 11) is 1.68. The topological polar surface area (TPSA) is 30.5 Å². The number of methoxy groups -OCH3 is 1. The molecular weight excluding hydrogens is 322 g/mol. The first-order valence-electron chi connectivity index (χ1n) is 8.87. The number of fused-ring (bicyclic) bond motifs is 1. The number of hydrogen-bond acceptors (Lipinski definition) is 3. The van der Waals surface area contributed by atoms with Crippen LogP contribution in [0.5, 0.6) is 11.5 Å². The minimum Gasteiger partial charge on any atom is -0.497 e. The molecule has 0 saturated heterocycles. The summed E-state index contributed by atoms with van der Waals surface area (Å²) in [6, 6.07) is 22.6. The highest BCUT2D eigenvalue weighted by Gasteiger charge is 2.02. The van der Waals surface area contributed by atoms with Gasteiger partial charge in [0.2, 0.25) is 0 Å². The van der Waals surface area contributed by atoms with Crippen molar-refractivity contribution in [1.29, 1.82) is 0 Å². The highest BCUT2D eigenvalue weighted by Crippen LogP contribution is 2.25. The quantitative estimate of drug-likeness (QED) is 0.453. The summed E-state index contributed by atoms with van der Waals surface area (Å²) in [6.45, 7) is 6.28. The Bertz CT molecular complexity index is 850. The molecule has 0 aromatic heterocycles. The van der Waals surface area contributed by atoms with Gasteiger partial charge in [0.15, 0.2) is 0 Å². The van der Waals surface area contributed by atoms with Gasteiger partial charge >= 0.3 is 0 Å². The lowest BCUT2D eigenvalue weighted by Crippen LogP contribution is -2.22. The van der Waals surface area contributed by atoms with E-state index in [-0.39, 0.29) is 0 Å². The van der Waals surface area contributed by atoms with Crippen LogP contribution < -0.4 is 14.8 Å². The maximum Gasteiger partial charge on any atom is 0.127 e. The van der Waals surface area contributed by atoms with Crippen LogP contribution in [0.3, 0.4) is 0 Å². The van der Waals surface area contributed by atoms with Crippen molar-refractivity contribution < 1.29 is 9.47 Å². The predicted octanol–water partition coefficient (Wildman–Crippen LogP) is 4.62. The van der Waals surface area contributed by atoms with E-state index in [2.05, 4.69) is 42.2 Å². The average Bonchev–Trinajstić information content (AvgIpc) is 2.70. The molecule has 0 amide bonds. The zero-order chi connectivity index (χ0) is 18.2. The van der Waals surface area contributed by atoms with Crippen molar-refractivity contribution in [3.05, 3.63) is 84.4 Å². The molecule has 0 fully saturated rings. The number of benzene rings is 3. The Morgan fingerprint density at radius 1 is 0.962 bits per heavy atom. The molecule has 0 radical (unpaired) electrons. The molecule has 0 unspecified atom stereocenters. The monoisotopic (exact) mass is 347 g/mol. The normalized spacial score (nSPS) is 10.7. The third-order valence-corrected chi connectivity index (χ3v) is 4.31. The van der Waals surface area contributed by atoms with Crippen LogP contribution in [0.4, 0.5) is 0 Å². The number of rotatable bonds is 9. The van der Waals surface area contributed by atoms with Crippen molar-refractivity contribution in [1.82, 2.24) is 5.32 Å². The van der Waals surface area contributed by atoms with Crippen LogP contribution in [-0.2, 0) is 6.42 Å². The smallest absolute Gasteiger partial charge is 0.127 e. The minimum absolute atomic E-state index is 0.517. The molecule has 0 aliphatic heterocycles. The lowest BCUT2D eigenvalue weighted by molar-refractivity contribution is 0.352. The highest BCUT2D eigenvalue weighted by atomic mass is 16.5. The summed E-state index contributed by atoms with van der Waals surface area (Å²) in [4.78, 5) is 0. The molecule has 0 bridgehead atoms. The van der Waals surface area contributed by atoms with Crippen molar-refractivity contribution in [3.63, 3.8) is 0 Å². The van der Waals surface area contributed by atoms with Gasteiger partial charge in [0.05, 0.1) is 7.11 Å². The van der Waals surface area contributed by atoms with Crippen molar-refractivity contribution in [2.45, 2.75) is 6.42 Å². The van der Waals surface area contributed by atoms with Gasteiger partial charge in [-0.2, -0.15) is 0 Å². The molecule has 0 aliphatic carbocycles. The zero-order valence-corrected chi connectivity index (χ0v) is 15.2. The lowest BCUT2D eigenvalue weighted by Gasteiger charge is -2.12. The van der Waals surface area contributed by atoms with E-state index in [1.54, 1.807) is 7.11 Å². The van der Waals surface area contributed by atoms with E-state index in [1.807, 2.05) is 36.4 Å². The minimum atomic E-state index is 0.517. The molecule has 3 heteroatoms. The summed E-state index contributed by atoms with van der Waals surface area (Å²) in [5, 5.41) is 5.75. The summed E-state index contributed by atoms with van der Waals surface area (Å²) >= 11 is 0. The molecule has 134 valence electrons. The first-order chi connectivity index (χ1) is 12.8. The van der Waals surface area contributed by atoms with Crippen LogP contribution in [0.15, 0.2) is 78.9 Å². The summed E-state index contributed by atoms with van der Waals surface area (Å²) in [5.74, 6) is 1.79. The first-order valence-corrected chi connectivity index (χ1v) is 8.87. The first kappa shape index (κ1) is 18.0. The van der Waals surface area contributed by atoms with Crippen LogP contribution >= 0.6 is 0 Å². The molecule has 0 spiro atoms. The summed E-state index contributed by atoms with van der Waals surface area (Å²) in [6.07, 6.45) is 0.974. The van der Waals surface area contributed by atoms with Gasteiger partial charge in [-0.25, -0.2) is 0 Å². The predicted molar refractivity (Wildman–Crippen MR) is 108 cm³/mol. The molecule has 26 heavy (non-hydrogen) atoms. The number of nitrogens with one attached hydrogen (secondary N) is 1. The van der Waals surface area contributed by atoms with Crippen LogP contribution in [0, 0.1) is 0 Å². The SMILES string of the molecule is C=C(CNCCc1ccc(OC)cc1)COc1cccc2ccccc12. The van der Waals surface area contributed by atoms with Crippen LogP contribution in [0.25, 0.3) is 10.8 Å². The van der Waals surface area contributed by atoms with Gasteiger partial charge in [0, 0.05) is 11.9 Å². The fraction of sp³-hybridized carbons (Fsp3) is 0.217. The Hall–Kier alpha value is -2.78. The van der Waals surface area contributed by atoms with Gasteiger partial charge in [0.1, 0.15) is 18.1 Å². The molecule has 3 aromatic carbocycles. The van der Waals surface area contributed by atoms with Crippen molar-refractivity contribution in [2.75, 3.05) is 26.8 Å². The standard InChI is InChI=1S/C23H25NO2/c1-18(16-24-15-14-19-10-12-21(25-2)13-11-19)17-26-23-9-5-7-20-6-3-4-8-22(20)23/h3-13,24H,1,14-17H2,2H3. The molecule has 0 saturated carbocycles. The molecule has 3 rings (SSSR count). The van der Waals surface area contributed by atoms with E-state index >= 15 is 0 Å². The number of hydrogen-bond donors (Lipinski definition) is 1. The molecule has 0 aliphatic rings. The van der Waals surface area contributed by atoms with Gasteiger partial charge in [0.25, 0.3) is 0 Å². The summed E-state index contributed by atoms with van der Waals surface area (Å²) < 4.78 is 11.1. The molecular formula is C23H25NO2. The zero-order valence-electron chi connectivity index (χ0n) is 15.2. The maximum atomic E-state index is 5.97. The Labute approximate surface area is 155 Å². The molecule has 0 heterocycles. The van der Waals surface area contributed by atoms with E-state index in [0.29, 0.717) is 6.61 Å². The average molecular weight is 347 g/mol. The Kier molecular flexibility index (Phi) is 6.29. The number of ether oxygens (including phenoxy) is 2. The Morgan fingerprint density at radius 2 is 1.73 bits per heavy atom. The molecule has 3 nitrogen and oxygen atoms in total. The van der Waals surface area contributed by atoms with E-state index < -0.39 is 0 Å². The third-order valence-electron chi connectivity index (χ3n) is 4.31. The molecule has 3 aromatic rings. The van der Waals surface area contributed by atoms with Gasteiger partial charge in [-0.1, -0.05) is 55.1 Å². The van der Waals surface area contributed by atoms with Crippen molar-refractivity contribution in [2.24, 2.45) is 0 Å². The molecule has 1 N–H and O–H groups in total. The summed E-state index contributed by atoms with van der Waals surface area (Å²) in [5.41, 5.74) is 2.32. The van der Waals surface area contributed by atoms with Crippen molar-refractivity contribution >= 4 is 10.8 Å². The largest absolute Gasteiger partial charge is 0.497 e. The Balaban J connectivity index is 1.41. The Morgan fingerprint density at radius 3 is 2.54 bits per heavy atom. The molecule has 0 atom stereocenters. The van der Waals surface area contributed by atoms with Crippen LogP contribution in [0.2, 0.25) is 0 Å². The highest BCUT2D eigenvalue weighted by molar-refractivity contribution is 5.88. The van der Waals surface area contributed by atoms with E-state index in [9.17, 15) is 0 Å². The van der Waals surface area contributed by atoms with Gasteiger partial charge in [-0.3, -0.25) is 0 Å². The van der Waals surface area contributed by atoms with E-state index in [1.165, 1.54) is 10.9 Å². The van der Waals surface area contributed by atoms with E-state index in [0.717, 1.165) is 42.0 Å². The van der Waals surface area contributed by atoms with Gasteiger partial charge < -0.3 is 14.8 Å². The van der Waals surface area contributed by atoms with Crippen LogP contribution in [-0.4, -0.2) is 26.8 Å². The fourth-order valence-electron chi connectivity index (χ4n) is 2.84. The third kappa shape index (κ3) is 4.87.